The van der Waals surface area contributed by atoms with Gasteiger partial charge in [0.25, 0.3) is 0 Å². The Balaban J connectivity index is 2.23. The first-order valence-electron chi connectivity index (χ1n) is 6.57. The molecule has 1 heterocycles. The van der Waals surface area contributed by atoms with Gasteiger partial charge in [-0.3, -0.25) is 0 Å². The van der Waals surface area contributed by atoms with Gasteiger partial charge in [0, 0.05) is 13.1 Å². The number of nitrogens with one attached hydrogen (secondary N) is 2. The summed E-state index contributed by atoms with van der Waals surface area (Å²) in [6.07, 6.45) is 1.98. The van der Waals surface area contributed by atoms with Crippen LogP contribution < -0.4 is 10.6 Å². The van der Waals surface area contributed by atoms with Gasteiger partial charge < -0.3 is 10.6 Å². The Morgan fingerprint density at radius 1 is 1.15 bits per heavy atom. The number of hydrogen-bond acceptors (Lipinski definition) is 5. The number of hydrogen-bond donors (Lipinski definition) is 2. The van der Waals surface area contributed by atoms with Gasteiger partial charge in [-0.15, -0.1) is 0 Å². The fourth-order valence-corrected chi connectivity index (χ4v) is 2.47. The lowest BCUT2D eigenvalue weighted by Crippen LogP contribution is -2.10. The van der Waals surface area contributed by atoms with Crippen LogP contribution in [0.4, 0.5) is 11.6 Å². The molecule has 2 aromatic rings. The van der Waals surface area contributed by atoms with E-state index in [9.17, 15) is 0 Å². The molecule has 0 bridgehead atoms. The van der Waals surface area contributed by atoms with Crippen LogP contribution in [0.2, 0.25) is 0 Å². The maximum Gasteiger partial charge on any atom is 0.191 e. The maximum atomic E-state index is 4.50. The van der Waals surface area contributed by atoms with Crippen LogP contribution in [0.25, 0.3) is 0 Å². The molecule has 1 atom stereocenters. The van der Waals surface area contributed by atoms with Crippen molar-refractivity contribution in [3.63, 3.8) is 0 Å². The quantitative estimate of drug-likeness (QED) is 0.648. The third-order valence-electron chi connectivity index (χ3n) is 3.16. The smallest absolute Gasteiger partial charge is 0.191 e. The van der Waals surface area contributed by atoms with Gasteiger partial charge in [0.15, 0.2) is 5.16 Å². The molecule has 0 aliphatic heterocycles. The maximum absolute atomic E-state index is 4.50. The second-order valence-electron chi connectivity index (χ2n) is 4.60. The van der Waals surface area contributed by atoms with Gasteiger partial charge in [-0.25, -0.2) is 9.97 Å². The lowest BCUT2D eigenvalue weighted by molar-refractivity contribution is 0.849. The highest BCUT2D eigenvalue weighted by Crippen LogP contribution is 2.23. The van der Waals surface area contributed by atoms with Crippen molar-refractivity contribution in [3.05, 3.63) is 41.5 Å². The van der Waals surface area contributed by atoms with E-state index in [2.05, 4.69) is 58.7 Å². The highest BCUT2D eigenvalue weighted by atomic mass is 32.2. The fraction of sp³-hybridized carbons (Fsp3) is 0.333. The van der Waals surface area contributed by atoms with Crippen molar-refractivity contribution in [1.29, 1.82) is 0 Å². The average molecular weight is 288 g/mol. The summed E-state index contributed by atoms with van der Waals surface area (Å²) in [4.78, 5) is 8.86. The molecular weight excluding hydrogens is 268 g/mol. The van der Waals surface area contributed by atoms with Crippen molar-refractivity contribution in [2.75, 3.05) is 23.9 Å². The molecule has 0 radical (unpaired) electrons. The number of benzene rings is 1. The molecule has 1 unspecified atom stereocenters. The lowest BCUT2D eigenvalue weighted by atomic mass is 10.0. The molecule has 2 N–H and O–H groups in total. The first kappa shape index (κ1) is 14.7. The summed E-state index contributed by atoms with van der Waals surface area (Å²) in [6, 6.07) is 10.5. The predicted octanol–water partition coefficient (Wildman–Crippen LogP) is 3.72. The second kappa shape index (κ2) is 6.61. The normalized spacial score (nSPS) is 12.0. The van der Waals surface area contributed by atoms with Gasteiger partial charge in [0.05, 0.1) is 6.04 Å². The number of nitrogens with zero attached hydrogens (tertiary/aromatic N) is 2. The van der Waals surface area contributed by atoms with Crippen LogP contribution in [0.15, 0.2) is 35.5 Å². The van der Waals surface area contributed by atoms with Crippen molar-refractivity contribution < 1.29 is 0 Å². The Labute approximate surface area is 124 Å². The van der Waals surface area contributed by atoms with Gasteiger partial charge in [-0.1, -0.05) is 36.0 Å². The summed E-state index contributed by atoms with van der Waals surface area (Å²) in [5.41, 5.74) is 2.56. The van der Waals surface area contributed by atoms with Crippen LogP contribution in [-0.4, -0.2) is 23.3 Å². The van der Waals surface area contributed by atoms with E-state index in [1.807, 2.05) is 19.4 Å². The molecule has 0 saturated heterocycles. The summed E-state index contributed by atoms with van der Waals surface area (Å²) < 4.78 is 0. The van der Waals surface area contributed by atoms with Crippen LogP contribution >= 0.6 is 11.8 Å². The molecule has 0 aliphatic carbocycles. The molecule has 0 fully saturated rings. The van der Waals surface area contributed by atoms with Crippen LogP contribution in [0.5, 0.6) is 0 Å². The zero-order valence-corrected chi connectivity index (χ0v) is 13.1. The minimum absolute atomic E-state index is 0.200. The molecule has 5 heteroatoms. The molecule has 2 rings (SSSR count). The van der Waals surface area contributed by atoms with Gasteiger partial charge in [0.1, 0.15) is 11.6 Å². The topological polar surface area (TPSA) is 49.8 Å². The average Bonchev–Trinajstić information content (AvgIpc) is 2.47. The van der Waals surface area contributed by atoms with Crippen molar-refractivity contribution in [2.45, 2.75) is 25.0 Å². The summed E-state index contributed by atoms with van der Waals surface area (Å²) in [6.45, 7) is 4.27. The van der Waals surface area contributed by atoms with Gasteiger partial charge in [-0.05, 0) is 31.2 Å². The lowest BCUT2D eigenvalue weighted by Gasteiger charge is -2.17. The molecule has 0 amide bonds. The van der Waals surface area contributed by atoms with Crippen molar-refractivity contribution in [2.24, 2.45) is 0 Å². The number of thioether (sulfide) groups is 1. The minimum Gasteiger partial charge on any atom is -0.373 e. The van der Waals surface area contributed by atoms with E-state index >= 15 is 0 Å². The Bertz CT molecular complexity index is 564. The van der Waals surface area contributed by atoms with Gasteiger partial charge in [-0.2, -0.15) is 0 Å². The van der Waals surface area contributed by atoms with E-state index in [0.717, 1.165) is 16.8 Å². The first-order valence-corrected chi connectivity index (χ1v) is 7.79. The molecule has 0 aliphatic rings. The van der Waals surface area contributed by atoms with E-state index in [0.29, 0.717) is 0 Å². The standard InChI is InChI=1S/C15H20N4S/c1-10-7-5-6-8-12(10)11(2)17-14-9-13(16-3)18-15(19-14)20-4/h5-9,11H,1-4H3,(H2,16,17,18,19). The van der Waals surface area contributed by atoms with Gasteiger partial charge in [0.2, 0.25) is 0 Å². The SMILES string of the molecule is CNc1cc(NC(C)c2ccccc2C)nc(SC)n1. The summed E-state index contributed by atoms with van der Waals surface area (Å²) in [5.74, 6) is 1.66. The van der Waals surface area contributed by atoms with Crippen LogP contribution in [0, 0.1) is 6.92 Å². The summed E-state index contributed by atoms with van der Waals surface area (Å²) in [7, 11) is 1.86. The monoisotopic (exact) mass is 288 g/mol. The van der Waals surface area contributed by atoms with E-state index in [1.54, 1.807) is 0 Å². The van der Waals surface area contributed by atoms with Crippen molar-refractivity contribution in [1.82, 2.24) is 9.97 Å². The van der Waals surface area contributed by atoms with Crippen molar-refractivity contribution in [3.8, 4) is 0 Å². The molecule has 106 valence electrons. The van der Waals surface area contributed by atoms with E-state index in [1.165, 1.54) is 22.9 Å². The molecule has 20 heavy (non-hydrogen) atoms. The largest absolute Gasteiger partial charge is 0.373 e. The molecular formula is C15H20N4S. The number of aromatic nitrogens is 2. The summed E-state index contributed by atoms with van der Waals surface area (Å²) in [5, 5.41) is 7.27. The van der Waals surface area contributed by atoms with Crippen LogP contribution in [0.3, 0.4) is 0 Å². The third-order valence-corrected chi connectivity index (χ3v) is 3.71. The number of anilines is 2. The summed E-state index contributed by atoms with van der Waals surface area (Å²) >= 11 is 1.54. The van der Waals surface area contributed by atoms with Crippen LogP contribution in [-0.2, 0) is 0 Å². The molecule has 4 nitrogen and oxygen atoms in total. The zero-order valence-electron chi connectivity index (χ0n) is 12.3. The zero-order chi connectivity index (χ0) is 14.5. The highest BCUT2D eigenvalue weighted by Gasteiger charge is 2.10. The molecule has 1 aromatic carbocycles. The van der Waals surface area contributed by atoms with E-state index in [4.69, 9.17) is 0 Å². The highest BCUT2D eigenvalue weighted by molar-refractivity contribution is 7.98. The van der Waals surface area contributed by atoms with E-state index < -0.39 is 0 Å². The Morgan fingerprint density at radius 3 is 2.50 bits per heavy atom. The van der Waals surface area contributed by atoms with E-state index in [-0.39, 0.29) is 6.04 Å². The first-order chi connectivity index (χ1) is 9.63. The molecule has 0 saturated carbocycles. The van der Waals surface area contributed by atoms with Gasteiger partial charge >= 0.3 is 0 Å². The van der Waals surface area contributed by atoms with Crippen molar-refractivity contribution >= 4 is 23.4 Å². The Kier molecular flexibility index (Phi) is 4.84. The molecule has 0 spiro atoms. The second-order valence-corrected chi connectivity index (χ2v) is 5.37. The Hall–Kier alpha value is -1.75. The number of aryl methyl sites for hydroxylation is 1. The fourth-order valence-electron chi connectivity index (χ4n) is 2.09. The van der Waals surface area contributed by atoms with Crippen LogP contribution in [0.1, 0.15) is 24.1 Å². The number of rotatable bonds is 5. The third kappa shape index (κ3) is 3.42. The minimum atomic E-state index is 0.200. The molecule has 1 aromatic heterocycles. The predicted molar refractivity (Wildman–Crippen MR) is 86.6 cm³/mol. The Morgan fingerprint density at radius 2 is 1.85 bits per heavy atom.